The smallest absolute Gasteiger partial charge is 0.119 e. The summed E-state index contributed by atoms with van der Waals surface area (Å²) in [7, 11) is 0. The van der Waals surface area contributed by atoms with Crippen LogP contribution in [0.5, 0.6) is 5.75 Å². The summed E-state index contributed by atoms with van der Waals surface area (Å²) in [6.45, 7) is 1.24. The van der Waals surface area contributed by atoms with Crippen LogP contribution in [0.4, 0.5) is 0 Å². The maximum Gasteiger partial charge on any atom is 0.119 e. The summed E-state index contributed by atoms with van der Waals surface area (Å²) in [5, 5.41) is 0. The van der Waals surface area contributed by atoms with Gasteiger partial charge in [-0.05, 0) is 25.0 Å². The summed E-state index contributed by atoms with van der Waals surface area (Å²) in [5.74, 6) is 2.24. The minimum atomic E-state index is 0.557. The average molecular weight is 204 g/mol. The highest BCUT2D eigenvalue weighted by Crippen LogP contribution is 2.28. The molecule has 1 fully saturated rings. The molecule has 0 aromatic heterocycles. The molecule has 0 bridgehead atoms. The van der Waals surface area contributed by atoms with E-state index in [1.54, 1.807) is 0 Å². The van der Waals surface area contributed by atoms with Crippen LogP contribution in [0.2, 0.25) is 0 Å². The molecule has 3 nitrogen and oxygen atoms in total. The molecule has 0 aliphatic heterocycles. The lowest BCUT2D eigenvalue weighted by Gasteiger charge is -2.03. The molecule has 0 amide bonds. The van der Waals surface area contributed by atoms with Crippen molar-refractivity contribution in [2.75, 3.05) is 13.2 Å². The van der Waals surface area contributed by atoms with E-state index >= 15 is 0 Å². The number of rotatable bonds is 5. The van der Waals surface area contributed by atoms with Gasteiger partial charge < -0.3 is 10.5 Å². The molecule has 80 valence electrons. The first-order valence-corrected chi connectivity index (χ1v) is 5.34. The van der Waals surface area contributed by atoms with Crippen LogP contribution in [-0.2, 0) is 0 Å². The summed E-state index contributed by atoms with van der Waals surface area (Å²) in [6.07, 6.45) is 2.41. The SMILES string of the molecule is NC(=NCCOc1ccccc1)C1CC1. The van der Waals surface area contributed by atoms with Crippen molar-refractivity contribution in [3.63, 3.8) is 0 Å². The first kappa shape index (κ1) is 10.0. The van der Waals surface area contributed by atoms with Crippen LogP contribution in [0.3, 0.4) is 0 Å². The molecule has 1 aliphatic carbocycles. The standard InChI is InChI=1S/C12H16N2O/c13-12(10-6-7-10)14-8-9-15-11-4-2-1-3-5-11/h1-5,10H,6-9H2,(H2,13,14). The number of amidine groups is 1. The van der Waals surface area contributed by atoms with Crippen molar-refractivity contribution in [2.24, 2.45) is 16.6 Å². The maximum absolute atomic E-state index is 5.75. The molecule has 0 spiro atoms. The largest absolute Gasteiger partial charge is 0.492 e. The van der Waals surface area contributed by atoms with Crippen LogP contribution in [0.15, 0.2) is 35.3 Å². The molecule has 3 heteroatoms. The van der Waals surface area contributed by atoms with Gasteiger partial charge in [0.05, 0.1) is 12.4 Å². The summed E-state index contributed by atoms with van der Waals surface area (Å²) in [5.41, 5.74) is 5.75. The van der Waals surface area contributed by atoms with Gasteiger partial charge in [0.15, 0.2) is 0 Å². The highest BCUT2D eigenvalue weighted by atomic mass is 16.5. The van der Waals surface area contributed by atoms with Crippen molar-refractivity contribution in [1.82, 2.24) is 0 Å². The Morgan fingerprint density at radius 2 is 2.07 bits per heavy atom. The van der Waals surface area contributed by atoms with Gasteiger partial charge in [-0.3, -0.25) is 4.99 Å². The predicted molar refractivity (Wildman–Crippen MR) is 61.2 cm³/mol. The number of para-hydroxylation sites is 1. The molecule has 0 unspecified atom stereocenters. The lowest BCUT2D eigenvalue weighted by Crippen LogP contribution is -2.16. The minimum Gasteiger partial charge on any atom is -0.492 e. The normalized spacial score (nSPS) is 16.4. The topological polar surface area (TPSA) is 47.6 Å². The molecule has 1 aromatic carbocycles. The number of ether oxygens (including phenoxy) is 1. The predicted octanol–water partition coefficient (Wildman–Crippen LogP) is 1.83. The van der Waals surface area contributed by atoms with Crippen molar-refractivity contribution in [1.29, 1.82) is 0 Å². The van der Waals surface area contributed by atoms with E-state index in [0.29, 0.717) is 19.1 Å². The monoisotopic (exact) mass is 204 g/mol. The van der Waals surface area contributed by atoms with Gasteiger partial charge in [0.25, 0.3) is 0 Å². The highest BCUT2D eigenvalue weighted by Gasteiger charge is 2.24. The van der Waals surface area contributed by atoms with E-state index in [-0.39, 0.29) is 0 Å². The minimum absolute atomic E-state index is 0.557. The molecule has 1 saturated carbocycles. The van der Waals surface area contributed by atoms with Gasteiger partial charge in [-0.25, -0.2) is 0 Å². The van der Waals surface area contributed by atoms with E-state index in [2.05, 4.69) is 4.99 Å². The zero-order chi connectivity index (χ0) is 10.5. The Balaban J connectivity index is 1.68. The van der Waals surface area contributed by atoms with Gasteiger partial charge in [0, 0.05) is 5.92 Å². The van der Waals surface area contributed by atoms with Crippen molar-refractivity contribution >= 4 is 5.84 Å². The van der Waals surface area contributed by atoms with Crippen LogP contribution in [-0.4, -0.2) is 19.0 Å². The third-order valence-electron chi connectivity index (χ3n) is 2.39. The summed E-state index contributed by atoms with van der Waals surface area (Å²) >= 11 is 0. The van der Waals surface area contributed by atoms with E-state index in [4.69, 9.17) is 10.5 Å². The van der Waals surface area contributed by atoms with Crippen molar-refractivity contribution in [3.8, 4) is 5.75 Å². The highest BCUT2D eigenvalue weighted by molar-refractivity contribution is 5.84. The van der Waals surface area contributed by atoms with E-state index in [0.717, 1.165) is 11.6 Å². The average Bonchev–Trinajstić information content (AvgIpc) is 3.09. The number of hydrogen-bond donors (Lipinski definition) is 1. The van der Waals surface area contributed by atoms with E-state index in [1.807, 2.05) is 30.3 Å². The van der Waals surface area contributed by atoms with E-state index in [9.17, 15) is 0 Å². The van der Waals surface area contributed by atoms with Crippen LogP contribution in [0, 0.1) is 5.92 Å². The Morgan fingerprint density at radius 1 is 1.33 bits per heavy atom. The van der Waals surface area contributed by atoms with Crippen molar-refractivity contribution in [2.45, 2.75) is 12.8 Å². The zero-order valence-electron chi connectivity index (χ0n) is 8.73. The number of hydrogen-bond acceptors (Lipinski definition) is 2. The van der Waals surface area contributed by atoms with Crippen LogP contribution >= 0.6 is 0 Å². The number of nitrogens with two attached hydrogens (primary N) is 1. The molecule has 15 heavy (non-hydrogen) atoms. The summed E-state index contributed by atoms with van der Waals surface area (Å²) < 4.78 is 5.49. The number of nitrogens with zero attached hydrogens (tertiary/aromatic N) is 1. The Morgan fingerprint density at radius 3 is 2.73 bits per heavy atom. The van der Waals surface area contributed by atoms with Crippen LogP contribution in [0.1, 0.15) is 12.8 Å². The molecule has 1 aromatic rings. The fourth-order valence-electron chi connectivity index (χ4n) is 1.36. The molecule has 0 heterocycles. The number of aliphatic imine (C=N–C) groups is 1. The Bertz CT molecular complexity index is 331. The second-order valence-electron chi connectivity index (χ2n) is 3.74. The van der Waals surface area contributed by atoms with Gasteiger partial charge in [-0.2, -0.15) is 0 Å². The molecule has 2 rings (SSSR count). The van der Waals surface area contributed by atoms with Gasteiger partial charge in [-0.15, -0.1) is 0 Å². The lowest BCUT2D eigenvalue weighted by atomic mass is 10.3. The Kier molecular flexibility index (Phi) is 3.22. The molecular weight excluding hydrogens is 188 g/mol. The number of benzene rings is 1. The van der Waals surface area contributed by atoms with Gasteiger partial charge in [0.2, 0.25) is 0 Å². The maximum atomic E-state index is 5.75. The van der Waals surface area contributed by atoms with E-state index < -0.39 is 0 Å². The fourth-order valence-corrected chi connectivity index (χ4v) is 1.36. The second-order valence-corrected chi connectivity index (χ2v) is 3.74. The van der Waals surface area contributed by atoms with Gasteiger partial charge in [0.1, 0.15) is 12.4 Å². The quantitative estimate of drug-likeness (QED) is 0.452. The molecule has 0 saturated heterocycles. The Labute approximate surface area is 90.0 Å². The zero-order valence-corrected chi connectivity index (χ0v) is 8.73. The first-order valence-electron chi connectivity index (χ1n) is 5.34. The molecule has 0 atom stereocenters. The molecule has 2 N–H and O–H groups in total. The van der Waals surface area contributed by atoms with Crippen LogP contribution < -0.4 is 10.5 Å². The molecule has 1 aliphatic rings. The van der Waals surface area contributed by atoms with Crippen molar-refractivity contribution in [3.05, 3.63) is 30.3 Å². The molecular formula is C12H16N2O. The summed E-state index contributed by atoms with van der Waals surface area (Å²) in [4.78, 5) is 4.27. The Hall–Kier alpha value is -1.51. The van der Waals surface area contributed by atoms with Gasteiger partial charge >= 0.3 is 0 Å². The lowest BCUT2D eigenvalue weighted by molar-refractivity contribution is 0.328. The third kappa shape index (κ3) is 3.27. The van der Waals surface area contributed by atoms with Gasteiger partial charge in [-0.1, -0.05) is 18.2 Å². The fraction of sp³-hybridized carbons (Fsp3) is 0.417. The van der Waals surface area contributed by atoms with Crippen LogP contribution in [0.25, 0.3) is 0 Å². The molecule has 0 radical (unpaired) electrons. The van der Waals surface area contributed by atoms with Crippen molar-refractivity contribution < 1.29 is 4.74 Å². The second kappa shape index (κ2) is 4.82. The first-order chi connectivity index (χ1) is 7.36. The summed E-state index contributed by atoms with van der Waals surface area (Å²) in [6, 6.07) is 9.76. The third-order valence-corrected chi connectivity index (χ3v) is 2.39. The van der Waals surface area contributed by atoms with E-state index in [1.165, 1.54) is 12.8 Å².